The van der Waals surface area contributed by atoms with Crippen LogP contribution in [0.2, 0.25) is 0 Å². The second-order valence-corrected chi connectivity index (χ2v) is 6.27. The molecule has 0 aliphatic heterocycles. The first-order chi connectivity index (χ1) is 12.6. The fraction of sp³-hybridized carbons (Fsp3) is 0.474. The van der Waals surface area contributed by atoms with Crippen molar-refractivity contribution in [1.29, 1.82) is 0 Å². The Bertz CT molecular complexity index is 764. The lowest BCUT2D eigenvalue weighted by Crippen LogP contribution is -2.12. The smallest absolute Gasteiger partial charge is 0.310 e. The fourth-order valence-electron chi connectivity index (χ4n) is 2.80. The second kappa shape index (κ2) is 8.12. The molecule has 0 N–H and O–H groups in total. The third-order valence-electron chi connectivity index (χ3n) is 4.32. The molecule has 0 saturated heterocycles. The molecule has 1 fully saturated rings. The van der Waals surface area contributed by atoms with E-state index >= 15 is 0 Å². The Hall–Kier alpha value is -2.70. The van der Waals surface area contributed by atoms with E-state index in [2.05, 4.69) is 15.0 Å². The monoisotopic (exact) mass is 357 g/mol. The van der Waals surface area contributed by atoms with Crippen LogP contribution >= 0.6 is 0 Å². The highest BCUT2D eigenvalue weighted by molar-refractivity contribution is 5.73. The molecule has 0 amide bonds. The maximum atomic E-state index is 11.7. The number of ether oxygens (including phenoxy) is 3. The maximum Gasteiger partial charge on any atom is 0.310 e. The molecule has 0 aromatic carbocycles. The lowest BCUT2D eigenvalue weighted by Gasteiger charge is -2.10. The van der Waals surface area contributed by atoms with Crippen LogP contribution in [0.3, 0.4) is 0 Å². The van der Waals surface area contributed by atoms with Gasteiger partial charge in [0.15, 0.2) is 0 Å². The lowest BCUT2D eigenvalue weighted by molar-refractivity contribution is -0.142. The first-order valence-electron chi connectivity index (χ1n) is 8.71. The number of pyridine rings is 1. The van der Waals surface area contributed by atoms with Gasteiger partial charge in [0.2, 0.25) is 5.88 Å². The summed E-state index contributed by atoms with van der Waals surface area (Å²) in [5.41, 5.74) is 1.69. The third-order valence-corrected chi connectivity index (χ3v) is 4.32. The van der Waals surface area contributed by atoms with Gasteiger partial charge in [-0.15, -0.1) is 0 Å². The van der Waals surface area contributed by atoms with E-state index in [0.29, 0.717) is 42.3 Å². The number of carbonyl (C=O) groups excluding carboxylic acids is 1. The molecule has 7 heteroatoms. The summed E-state index contributed by atoms with van der Waals surface area (Å²) < 4.78 is 16.0. The van der Waals surface area contributed by atoms with Gasteiger partial charge in [-0.3, -0.25) is 9.78 Å². The van der Waals surface area contributed by atoms with E-state index in [1.165, 1.54) is 0 Å². The molecule has 2 aromatic heterocycles. The average molecular weight is 357 g/mol. The molecule has 2 aromatic rings. The quantitative estimate of drug-likeness (QED) is 0.671. The number of hydrogen-bond acceptors (Lipinski definition) is 7. The van der Waals surface area contributed by atoms with Crippen molar-refractivity contribution >= 4 is 5.97 Å². The van der Waals surface area contributed by atoms with Crippen LogP contribution in [-0.2, 0) is 16.0 Å². The lowest BCUT2D eigenvalue weighted by atomic mass is 10.2. The van der Waals surface area contributed by atoms with Crippen molar-refractivity contribution in [1.82, 2.24) is 15.0 Å². The van der Waals surface area contributed by atoms with E-state index in [1.54, 1.807) is 33.4 Å². The summed E-state index contributed by atoms with van der Waals surface area (Å²) in [6.07, 6.45) is 4.50. The first kappa shape index (κ1) is 18.1. The largest absolute Gasteiger partial charge is 0.495 e. The summed E-state index contributed by atoms with van der Waals surface area (Å²) in [4.78, 5) is 24.7. The zero-order valence-corrected chi connectivity index (χ0v) is 15.3. The third kappa shape index (κ3) is 4.47. The Morgan fingerprint density at radius 3 is 2.81 bits per heavy atom. The molecule has 7 nitrogen and oxygen atoms in total. The highest BCUT2D eigenvalue weighted by atomic mass is 16.5. The number of methoxy groups -OCH3 is 1. The number of esters is 1. The number of aryl methyl sites for hydroxylation is 1. The van der Waals surface area contributed by atoms with Crippen molar-refractivity contribution in [3.8, 4) is 11.6 Å². The Labute approximate surface area is 152 Å². The number of rotatable bonds is 8. The van der Waals surface area contributed by atoms with Crippen molar-refractivity contribution < 1.29 is 19.0 Å². The highest BCUT2D eigenvalue weighted by Crippen LogP contribution is 2.46. The van der Waals surface area contributed by atoms with Crippen LogP contribution in [0.5, 0.6) is 11.6 Å². The van der Waals surface area contributed by atoms with Gasteiger partial charge in [-0.1, -0.05) is 0 Å². The van der Waals surface area contributed by atoms with Gasteiger partial charge in [0.1, 0.15) is 11.6 Å². The summed E-state index contributed by atoms with van der Waals surface area (Å²) in [6, 6.07) is 3.91. The van der Waals surface area contributed by atoms with Crippen LogP contribution in [0.25, 0.3) is 0 Å². The summed E-state index contributed by atoms with van der Waals surface area (Å²) in [6.45, 7) is 4.45. The number of carbonyl (C=O) groups is 1. The standard InChI is InChI=1S/C19H23N3O4/c1-4-25-18(23)8-13-9-20-12(2)22-19(13)26-11-14-7-16(14)17-6-5-15(24-3)10-21-17/h5-6,9-10,14,16H,4,7-8,11H2,1-3H3/t14?,16-/m1/s1. The molecule has 1 aliphatic carbocycles. The van der Waals surface area contributed by atoms with Gasteiger partial charge in [-0.2, -0.15) is 4.98 Å². The van der Waals surface area contributed by atoms with Gasteiger partial charge in [-0.25, -0.2) is 4.98 Å². The van der Waals surface area contributed by atoms with Gasteiger partial charge in [0.05, 0.1) is 32.9 Å². The molecule has 0 spiro atoms. The molecule has 1 aliphatic rings. The zero-order valence-electron chi connectivity index (χ0n) is 15.3. The Morgan fingerprint density at radius 1 is 1.27 bits per heavy atom. The minimum Gasteiger partial charge on any atom is -0.495 e. The van der Waals surface area contributed by atoms with Gasteiger partial charge >= 0.3 is 5.97 Å². The predicted molar refractivity (Wildman–Crippen MR) is 94.2 cm³/mol. The average Bonchev–Trinajstić information content (AvgIpc) is 3.42. The Balaban J connectivity index is 1.59. The summed E-state index contributed by atoms with van der Waals surface area (Å²) in [5, 5.41) is 0. The molecular formula is C19H23N3O4. The van der Waals surface area contributed by atoms with Crippen LogP contribution in [0.4, 0.5) is 0 Å². The summed E-state index contributed by atoms with van der Waals surface area (Å²) in [7, 11) is 1.63. The van der Waals surface area contributed by atoms with E-state index in [9.17, 15) is 4.79 Å². The van der Waals surface area contributed by atoms with Crippen LogP contribution in [0.15, 0.2) is 24.5 Å². The van der Waals surface area contributed by atoms with Gasteiger partial charge < -0.3 is 14.2 Å². The van der Waals surface area contributed by atoms with Crippen molar-refractivity contribution in [2.24, 2.45) is 5.92 Å². The molecule has 2 heterocycles. The molecule has 138 valence electrons. The first-order valence-corrected chi connectivity index (χ1v) is 8.71. The normalized spacial score (nSPS) is 18.3. The SMILES string of the molecule is CCOC(=O)Cc1cnc(C)nc1OCC1C[C@H]1c1ccc(OC)cn1. The zero-order chi connectivity index (χ0) is 18.5. The van der Waals surface area contributed by atoms with Gasteiger partial charge in [0.25, 0.3) is 0 Å². The van der Waals surface area contributed by atoms with E-state index in [-0.39, 0.29) is 12.4 Å². The molecule has 26 heavy (non-hydrogen) atoms. The molecular weight excluding hydrogens is 334 g/mol. The van der Waals surface area contributed by atoms with E-state index in [4.69, 9.17) is 14.2 Å². The fourth-order valence-corrected chi connectivity index (χ4v) is 2.80. The second-order valence-electron chi connectivity index (χ2n) is 6.27. The summed E-state index contributed by atoms with van der Waals surface area (Å²) in [5.74, 6) is 2.29. The number of hydrogen-bond donors (Lipinski definition) is 0. The number of nitrogens with zero attached hydrogens (tertiary/aromatic N) is 3. The van der Waals surface area contributed by atoms with Gasteiger partial charge in [0, 0.05) is 29.3 Å². The molecule has 1 saturated carbocycles. The van der Waals surface area contributed by atoms with Crippen molar-refractivity contribution in [3.05, 3.63) is 41.6 Å². The van der Waals surface area contributed by atoms with Crippen LogP contribution < -0.4 is 9.47 Å². The number of aromatic nitrogens is 3. The van der Waals surface area contributed by atoms with Crippen LogP contribution in [-0.4, -0.2) is 41.2 Å². The molecule has 1 unspecified atom stereocenters. The highest BCUT2D eigenvalue weighted by Gasteiger charge is 2.40. The minimum absolute atomic E-state index is 0.109. The maximum absolute atomic E-state index is 11.7. The molecule has 0 radical (unpaired) electrons. The topological polar surface area (TPSA) is 83.4 Å². The van der Waals surface area contributed by atoms with E-state index < -0.39 is 0 Å². The van der Waals surface area contributed by atoms with Crippen molar-refractivity contribution in [3.63, 3.8) is 0 Å². The van der Waals surface area contributed by atoms with Gasteiger partial charge in [-0.05, 0) is 32.4 Å². The summed E-state index contributed by atoms with van der Waals surface area (Å²) >= 11 is 0. The molecule has 3 rings (SSSR count). The Kier molecular flexibility index (Phi) is 5.65. The van der Waals surface area contributed by atoms with Crippen molar-refractivity contribution in [2.45, 2.75) is 32.6 Å². The van der Waals surface area contributed by atoms with Crippen LogP contribution in [0.1, 0.15) is 36.3 Å². The Morgan fingerprint density at radius 2 is 2.12 bits per heavy atom. The predicted octanol–water partition coefficient (Wildman–Crippen LogP) is 2.48. The minimum atomic E-state index is -0.309. The molecule has 0 bridgehead atoms. The van der Waals surface area contributed by atoms with Crippen molar-refractivity contribution in [2.75, 3.05) is 20.3 Å². The molecule has 2 atom stereocenters. The van der Waals surface area contributed by atoms with E-state index in [0.717, 1.165) is 17.9 Å². The van der Waals surface area contributed by atoms with Crippen LogP contribution in [0, 0.1) is 12.8 Å². The van der Waals surface area contributed by atoms with E-state index in [1.807, 2.05) is 12.1 Å².